The third-order valence-electron chi connectivity index (χ3n) is 5.84. The van der Waals surface area contributed by atoms with Crippen molar-refractivity contribution in [3.8, 4) is 34.5 Å². The number of fused-ring (bicyclic) bond motifs is 1. The van der Waals surface area contributed by atoms with Crippen LogP contribution in [0.4, 0.5) is 0 Å². The second-order valence-corrected chi connectivity index (χ2v) is 8.05. The van der Waals surface area contributed by atoms with Gasteiger partial charge in [0, 0.05) is 17.7 Å². The van der Waals surface area contributed by atoms with Crippen LogP contribution in [0.3, 0.4) is 0 Å². The van der Waals surface area contributed by atoms with Crippen molar-refractivity contribution < 1.29 is 59.4 Å². The number of aliphatic hydroxyl groups is 5. The van der Waals surface area contributed by atoms with Gasteiger partial charge in [0.05, 0.1) is 19.8 Å². The Labute approximate surface area is 199 Å². The molecule has 2 aliphatic rings. The molecule has 8 N–H and O–H groups in total. The molecule has 12 heteroatoms. The molecule has 0 aliphatic carbocycles. The van der Waals surface area contributed by atoms with Crippen molar-refractivity contribution in [1.29, 1.82) is 0 Å². The zero-order chi connectivity index (χ0) is 25.4. The van der Waals surface area contributed by atoms with E-state index in [9.17, 15) is 35.7 Å². The van der Waals surface area contributed by atoms with Crippen LogP contribution in [0.1, 0.15) is 17.2 Å². The molecule has 0 spiro atoms. The number of phenolic OH excluding ortho intramolecular Hbond substituents is 3. The van der Waals surface area contributed by atoms with E-state index in [0.717, 1.165) is 0 Å². The smallest absolute Gasteiger partial charge is 0.269 e. The van der Waals surface area contributed by atoms with Crippen molar-refractivity contribution in [1.82, 2.24) is 0 Å². The lowest BCUT2D eigenvalue weighted by Crippen LogP contribution is -2.59. The first kappa shape index (κ1) is 24.7. The van der Waals surface area contributed by atoms with Gasteiger partial charge in [0.15, 0.2) is 24.7 Å². The summed E-state index contributed by atoms with van der Waals surface area (Å²) in [4.78, 5) is 0. The first-order valence-electron chi connectivity index (χ1n) is 10.6. The molecule has 190 valence electrons. The number of rotatable bonds is 6. The molecule has 1 saturated heterocycles. The summed E-state index contributed by atoms with van der Waals surface area (Å²) in [5.74, 6) is -0.534. The highest BCUT2D eigenvalue weighted by molar-refractivity contribution is 5.70. The molecule has 2 aliphatic heterocycles. The molecule has 0 saturated carbocycles. The van der Waals surface area contributed by atoms with Crippen molar-refractivity contribution in [3.05, 3.63) is 41.2 Å². The number of aromatic hydroxyl groups is 4. The summed E-state index contributed by atoms with van der Waals surface area (Å²) >= 11 is 0. The van der Waals surface area contributed by atoms with E-state index in [4.69, 9.17) is 18.9 Å². The molecule has 0 amide bonds. The number of methoxy groups -OCH3 is 1. The molecular weight excluding hydrogens is 468 g/mol. The van der Waals surface area contributed by atoms with Gasteiger partial charge in [0.25, 0.3) is 5.75 Å². The fourth-order valence-corrected chi connectivity index (χ4v) is 3.98. The fraction of sp³-hybridized carbons (Fsp3) is 0.391. The SMILES string of the molecule is COc1cc(C2Oc3cc(O)cc([OH+]C)c3C=C2O[C@@H]2O[C@H](CO)[C@@H](O)[C@H](O)[C@H]2O)cc(O)c1O. The van der Waals surface area contributed by atoms with E-state index in [1.807, 2.05) is 0 Å². The summed E-state index contributed by atoms with van der Waals surface area (Å²) in [6.45, 7) is -0.645. The maximum atomic E-state index is 10.4. The number of aliphatic hydroxyl groups excluding tert-OH is 4. The monoisotopic (exact) mass is 495 g/mol. The normalized spacial score (nSPS) is 27.9. The average Bonchev–Trinajstić information content (AvgIpc) is 2.85. The van der Waals surface area contributed by atoms with Crippen molar-refractivity contribution in [2.24, 2.45) is 0 Å². The van der Waals surface area contributed by atoms with Gasteiger partial charge in [-0.2, -0.15) is 0 Å². The maximum absolute atomic E-state index is 10.4. The van der Waals surface area contributed by atoms with Gasteiger partial charge in [-0.15, -0.1) is 0 Å². The summed E-state index contributed by atoms with van der Waals surface area (Å²) in [5, 5.41) is 70.4. The van der Waals surface area contributed by atoms with E-state index in [2.05, 4.69) is 4.74 Å². The van der Waals surface area contributed by atoms with E-state index in [1.54, 1.807) is 0 Å². The zero-order valence-electron chi connectivity index (χ0n) is 18.8. The first-order chi connectivity index (χ1) is 16.7. The Bertz CT molecular complexity index is 1110. The molecule has 4 rings (SSSR count). The summed E-state index contributed by atoms with van der Waals surface area (Å²) in [6.07, 6.45) is -7.24. The lowest BCUT2D eigenvalue weighted by Gasteiger charge is -2.41. The van der Waals surface area contributed by atoms with Crippen LogP contribution < -0.4 is 9.47 Å². The lowest BCUT2D eigenvalue weighted by atomic mass is 9.98. The number of benzene rings is 2. The van der Waals surface area contributed by atoms with E-state index in [1.165, 1.54) is 44.6 Å². The molecule has 1 fully saturated rings. The quantitative estimate of drug-likeness (QED) is 0.210. The van der Waals surface area contributed by atoms with Gasteiger partial charge >= 0.3 is 0 Å². The lowest BCUT2D eigenvalue weighted by molar-refractivity contribution is -0.293. The highest BCUT2D eigenvalue weighted by Gasteiger charge is 2.46. The zero-order valence-corrected chi connectivity index (χ0v) is 18.8. The number of ether oxygens (including phenoxy) is 5. The summed E-state index contributed by atoms with van der Waals surface area (Å²) < 4.78 is 26.6. The Morgan fingerprint density at radius 3 is 2.40 bits per heavy atom. The Morgan fingerprint density at radius 2 is 1.74 bits per heavy atom. The molecule has 2 heterocycles. The predicted octanol–water partition coefficient (Wildman–Crippen LogP) is -0.0258. The minimum Gasteiger partial charge on any atom is -0.584 e. The summed E-state index contributed by atoms with van der Waals surface area (Å²) in [5.41, 5.74) is 0.688. The van der Waals surface area contributed by atoms with Crippen LogP contribution in [0, 0.1) is 0 Å². The maximum Gasteiger partial charge on any atom is 0.269 e. The van der Waals surface area contributed by atoms with Crippen LogP contribution in [-0.2, 0) is 9.47 Å². The highest BCUT2D eigenvalue weighted by Crippen LogP contribution is 2.47. The molecule has 0 bridgehead atoms. The molecule has 1 unspecified atom stereocenters. The van der Waals surface area contributed by atoms with Gasteiger partial charge in [0.2, 0.25) is 12.0 Å². The molecule has 6 atom stereocenters. The number of hydrogen-bond donors (Lipinski definition) is 7. The van der Waals surface area contributed by atoms with E-state index in [0.29, 0.717) is 11.3 Å². The molecule has 2 aromatic rings. The van der Waals surface area contributed by atoms with Crippen LogP contribution in [-0.4, -0.2) is 92.0 Å². The highest BCUT2D eigenvalue weighted by atomic mass is 16.7. The third-order valence-corrected chi connectivity index (χ3v) is 5.84. The van der Waals surface area contributed by atoms with Crippen LogP contribution in [0.5, 0.6) is 34.5 Å². The standard InChI is InChI=1S/C23H26O12/c1-31-13-5-10(25)6-14-11(13)7-16(34-23-21(30)20(29)19(28)17(8-24)35-23)22(33-14)9-3-12(26)18(27)15(4-9)32-2/h3-7,17,19-30H,8H2,1-2H3/p+1/t17-,19-,20+,21-,22?,23-/m1/s1. The fourth-order valence-electron chi connectivity index (χ4n) is 3.98. The molecule has 0 radical (unpaired) electrons. The van der Waals surface area contributed by atoms with Crippen LogP contribution in [0.15, 0.2) is 30.0 Å². The van der Waals surface area contributed by atoms with Crippen molar-refractivity contribution in [2.75, 3.05) is 20.8 Å². The van der Waals surface area contributed by atoms with Gasteiger partial charge in [-0.1, -0.05) is 0 Å². The Kier molecular flexibility index (Phi) is 6.83. The average molecular weight is 495 g/mol. The van der Waals surface area contributed by atoms with Gasteiger partial charge in [-0.05, 0) is 12.1 Å². The second kappa shape index (κ2) is 9.68. The number of hydrogen-bond acceptors (Lipinski definition) is 11. The minimum atomic E-state index is -1.69. The van der Waals surface area contributed by atoms with Crippen LogP contribution in [0.2, 0.25) is 0 Å². The van der Waals surface area contributed by atoms with Crippen LogP contribution >= 0.6 is 0 Å². The van der Waals surface area contributed by atoms with Crippen molar-refractivity contribution >= 4 is 6.08 Å². The van der Waals surface area contributed by atoms with E-state index < -0.39 is 54.9 Å². The molecule has 12 nitrogen and oxygen atoms in total. The minimum absolute atomic E-state index is 0.0320. The molecule has 0 aromatic heterocycles. The second-order valence-electron chi connectivity index (χ2n) is 8.05. The van der Waals surface area contributed by atoms with Crippen molar-refractivity contribution in [2.45, 2.75) is 36.8 Å². The summed E-state index contributed by atoms with van der Waals surface area (Å²) in [7, 11) is 2.81. The Hall–Kier alpha value is -3.42. The number of phenols is 3. The van der Waals surface area contributed by atoms with Crippen LogP contribution in [0.25, 0.3) is 6.08 Å². The Morgan fingerprint density at radius 1 is 1.00 bits per heavy atom. The van der Waals surface area contributed by atoms with Gasteiger partial charge in [0.1, 0.15) is 47.2 Å². The first-order valence-corrected chi connectivity index (χ1v) is 10.6. The predicted molar refractivity (Wildman–Crippen MR) is 118 cm³/mol. The molecular formula is C23H27O12+. The van der Waals surface area contributed by atoms with E-state index in [-0.39, 0.29) is 28.6 Å². The molecule has 2 aromatic carbocycles. The van der Waals surface area contributed by atoms with E-state index >= 15 is 0 Å². The molecule has 35 heavy (non-hydrogen) atoms. The topological polar surface area (TPSA) is 191 Å². The van der Waals surface area contributed by atoms with Gasteiger partial charge < -0.3 is 59.4 Å². The largest absolute Gasteiger partial charge is 0.584 e. The van der Waals surface area contributed by atoms with Gasteiger partial charge in [-0.25, -0.2) is 0 Å². The Balaban J connectivity index is 1.79. The van der Waals surface area contributed by atoms with Crippen molar-refractivity contribution in [3.63, 3.8) is 0 Å². The third kappa shape index (κ3) is 4.49. The summed E-state index contributed by atoms with van der Waals surface area (Å²) in [6, 6.07) is 5.37. The van der Waals surface area contributed by atoms with Gasteiger partial charge in [-0.3, -0.25) is 0 Å².